The molecule has 1 aliphatic rings. The Morgan fingerprint density at radius 3 is 2.50 bits per heavy atom. The Morgan fingerprint density at radius 2 is 1.92 bits per heavy atom. The van der Waals surface area contributed by atoms with E-state index in [9.17, 15) is 4.79 Å². The van der Waals surface area contributed by atoms with Crippen molar-refractivity contribution in [3.8, 4) is 0 Å². The second-order valence-electron chi connectivity index (χ2n) is 7.05. The van der Waals surface area contributed by atoms with Crippen molar-refractivity contribution in [2.75, 3.05) is 40.3 Å². The van der Waals surface area contributed by atoms with Gasteiger partial charge in [0.25, 0.3) is 0 Å². The van der Waals surface area contributed by atoms with Gasteiger partial charge in [-0.05, 0) is 45.6 Å². The van der Waals surface area contributed by atoms with E-state index < -0.39 is 0 Å². The van der Waals surface area contributed by atoms with E-state index >= 15 is 0 Å². The van der Waals surface area contributed by atoms with Crippen LogP contribution in [0.15, 0.2) is 30.3 Å². The molecule has 1 saturated heterocycles. The Kier molecular flexibility index (Phi) is 7.21. The van der Waals surface area contributed by atoms with E-state index in [1.165, 1.54) is 12.8 Å². The number of amides is 1. The molecule has 24 heavy (non-hydrogen) atoms. The fraction of sp³-hybridized carbons (Fsp3) is 0.632. The van der Waals surface area contributed by atoms with Crippen LogP contribution in [0.5, 0.6) is 0 Å². The first kappa shape index (κ1) is 18.9. The summed E-state index contributed by atoms with van der Waals surface area (Å²) in [4.78, 5) is 17.1. The van der Waals surface area contributed by atoms with Gasteiger partial charge in [-0.3, -0.25) is 4.79 Å². The highest BCUT2D eigenvalue weighted by molar-refractivity contribution is 5.79. The van der Waals surface area contributed by atoms with Gasteiger partial charge in [0, 0.05) is 25.2 Å². The zero-order valence-electron chi connectivity index (χ0n) is 15.2. The van der Waals surface area contributed by atoms with Crippen molar-refractivity contribution in [3.63, 3.8) is 0 Å². The number of nitrogens with zero attached hydrogens (tertiary/aromatic N) is 2. The van der Waals surface area contributed by atoms with Crippen LogP contribution >= 0.6 is 0 Å². The Balaban J connectivity index is 1.70. The molecule has 5 nitrogen and oxygen atoms in total. The minimum absolute atomic E-state index is 0.0366. The predicted octanol–water partition coefficient (Wildman–Crippen LogP) is 1.46. The Hall–Kier alpha value is -1.43. The van der Waals surface area contributed by atoms with Crippen molar-refractivity contribution >= 4 is 5.91 Å². The van der Waals surface area contributed by atoms with Gasteiger partial charge < -0.3 is 20.9 Å². The summed E-state index contributed by atoms with van der Waals surface area (Å²) in [5.41, 5.74) is 7.23. The molecule has 134 valence electrons. The number of hydrogen-bond acceptors (Lipinski definition) is 4. The first-order valence-corrected chi connectivity index (χ1v) is 8.96. The van der Waals surface area contributed by atoms with Crippen molar-refractivity contribution in [2.24, 2.45) is 11.7 Å². The van der Waals surface area contributed by atoms with Crippen LogP contribution in [0.2, 0.25) is 0 Å². The molecule has 1 heterocycles. The summed E-state index contributed by atoms with van der Waals surface area (Å²) in [7, 11) is 4.30. The van der Waals surface area contributed by atoms with Crippen molar-refractivity contribution < 1.29 is 4.79 Å². The number of benzene rings is 1. The lowest BCUT2D eigenvalue weighted by molar-refractivity contribution is -0.125. The van der Waals surface area contributed by atoms with E-state index in [1.54, 1.807) is 0 Å². The van der Waals surface area contributed by atoms with Gasteiger partial charge in [0.2, 0.25) is 5.91 Å². The van der Waals surface area contributed by atoms with Gasteiger partial charge in [0.05, 0.1) is 5.92 Å². The molecule has 5 heteroatoms. The standard InChI is InChI=1S/C19H32N4O/c1-15(18(20)16-7-5-4-6-8-16)19(24)21-11-14-23-12-9-17(10-13-23)22(2)3/h4-8,15,17-18H,9-14,20H2,1-3H3,(H,21,24). The normalized spacial score (nSPS) is 19.2. The fourth-order valence-corrected chi connectivity index (χ4v) is 3.28. The highest BCUT2D eigenvalue weighted by atomic mass is 16.1. The Bertz CT molecular complexity index is 497. The summed E-state index contributed by atoms with van der Waals surface area (Å²) in [6, 6.07) is 10.3. The lowest BCUT2D eigenvalue weighted by Gasteiger charge is -2.35. The number of piperidine rings is 1. The van der Waals surface area contributed by atoms with Crippen LogP contribution in [0.4, 0.5) is 0 Å². The van der Waals surface area contributed by atoms with Gasteiger partial charge >= 0.3 is 0 Å². The lowest BCUT2D eigenvalue weighted by Crippen LogP contribution is -2.45. The maximum absolute atomic E-state index is 12.3. The molecular weight excluding hydrogens is 300 g/mol. The average molecular weight is 332 g/mol. The van der Waals surface area contributed by atoms with E-state index in [2.05, 4.69) is 29.2 Å². The zero-order chi connectivity index (χ0) is 17.5. The van der Waals surface area contributed by atoms with Crippen LogP contribution in [0.3, 0.4) is 0 Å². The molecule has 2 atom stereocenters. The molecule has 0 aromatic heterocycles. The molecule has 1 amide bonds. The molecule has 0 radical (unpaired) electrons. The molecule has 2 unspecified atom stereocenters. The quantitative estimate of drug-likeness (QED) is 0.794. The highest BCUT2D eigenvalue weighted by Gasteiger charge is 2.23. The van der Waals surface area contributed by atoms with Crippen LogP contribution in [0, 0.1) is 5.92 Å². The molecule has 0 saturated carbocycles. The number of carbonyl (C=O) groups is 1. The summed E-state index contributed by atoms with van der Waals surface area (Å²) in [5, 5.41) is 3.04. The fourth-order valence-electron chi connectivity index (χ4n) is 3.28. The van der Waals surface area contributed by atoms with Crippen LogP contribution in [-0.2, 0) is 4.79 Å². The molecule has 0 spiro atoms. The highest BCUT2D eigenvalue weighted by Crippen LogP contribution is 2.19. The minimum atomic E-state index is -0.262. The summed E-state index contributed by atoms with van der Waals surface area (Å²) in [6.07, 6.45) is 2.41. The molecule has 0 aliphatic carbocycles. The maximum atomic E-state index is 12.3. The lowest BCUT2D eigenvalue weighted by atomic mass is 9.95. The van der Waals surface area contributed by atoms with Crippen LogP contribution in [0.1, 0.15) is 31.4 Å². The summed E-state index contributed by atoms with van der Waals surface area (Å²) >= 11 is 0. The topological polar surface area (TPSA) is 61.6 Å². The molecule has 1 aromatic carbocycles. The number of carbonyl (C=O) groups excluding carboxylic acids is 1. The van der Waals surface area contributed by atoms with E-state index in [0.717, 1.165) is 25.2 Å². The third-order valence-electron chi connectivity index (χ3n) is 5.15. The maximum Gasteiger partial charge on any atom is 0.224 e. The van der Waals surface area contributed by atoms with Crippen molar-refractivity contribution in [2.45, 2.75) is 31.8 Å². The van der Waals surface area contributed by atoms with Gasteiger partial charge in [-0.25, -0.2) is 0 Å². The second kappa shape index (κ2) is 9.16. The summed E-state index contributed by atoms with van der Waals surface area (Å²) < 4.78 is 0. The van der Waals surface area contributed by atoms with Crippen LogP contribution in [-0.4, -0.2) is 62.0 Å². The summed E-state index contributed by atoms with van der Waals surface area (Å²) in [6.45, 7) is 5.72. The first-order chi connectivity index (χ1) is 11.5. The summed E-state index contributed by atoms with van der Waals surface area (Å²) in [5.74, 6) is -0.193. The molecule has 1 fully saturated rings. The number of nitrogens with one attached hydrogen (secondary N) is 1. The molecular formula is C19H32N4O. The van der Waals surface area contributed by atoms with Gasteiger partial charge in [-0.2, -0.15) is 0 Å². The second-order valence-corrected chi connectivity index (χ2v) is 7.05. The number of likely N-dealkylation sites (tertiary alicyclic amines) is 1. The SMILES string of the molecule is CC(C(=O)NCCN1CCC(N(C)C)CC1)C(N)c1ccccc1. The van der Waals surface area contributed by atoms with Gasteiger partial charge in [0.15, 0.2) is 0 Å². The van der Waals surface area contributed by atoms with Crippen LogP contribution in [0.25, 0.3) is 0 Å². The molecule has 1 aliphatic heterocycles. The van der Waals surface area contributed by atoms with Gasteiger partial charge in [-0.15, -0.1) is 0 Å². The van der Waals surface area contributed by atoms with E-state index in [0.29, 0.717) is 12.6 Å². The molecule has 3 N–H and O–H groups in total. The van der Waals surface area contributed by atoms with Crippen molar-refractivity contribution in [1.82, 2.24) is 15.1 Å². The number of rotatable bonds is 7. The zero-order valence-corrected chi connectivity index (χ0v) is 15.2. The van der Waals surface area contributed by atoms with Gasteiger partial charge in [-0.1, -0.05) is 37.3 Å². The molecule has 0 bridgehead atoms. The minimum Gasteiger partial charge on any atom is -0.355 e. The van der Waals surface area contributed by atoms with Crippen LogP contribution < -0.4 is 11.1 Å². The van der Waals surface area contributed by atoms with E-state index in [1.807, 2.05) is 37.3 Å². The molecule has 2 rings (SSSR count). The smallest absolute Gasteiger partial charge is 0.224 e. The Morgan fingerprint density at radius 1 is 1.29 bits per heavy atom. The third kappa shape index (κ3) is 5.30. The van der Waals surface area contributed by atoms with E-state index in [4.69, 9.17) is 5.73 Å². The van der Waals surface area contributed by atoms with Crippen molar-refractivity contribution in [3.05, 3.63) is 35.9 Å². The first-order valence-electron chi connectivity index (χ1n) is 8.96. The third-order valence-corrected chi connectivity index (χ3v) is 5.15. The monoisotopic (exact) mass is 332 g/mol. The molecule has 1 aromatic rings. The van der Waals surface area contributed by atoms with Crippen molar-refractivity contribution in [1.29, 1.82) is 0 Å². The number of nitrogens with two attached hydrogens (primary N) is 1. The largest absolute Gasteiger partial charge is 0.355 e. The van der Waals surface area contributed by atoms with Gasteiger partial charge in [0.1, 0.15) is 0 Å². The van der Waals surface area contributed by atoms with E-state index in [-0.39, 0.29) is 17.9 Å². The predicted molar refractivity (Wildman–Crippen MR) is 98.7 cm³/mol. The average Bonchev–Trinajstić information content (AvgIpc) is 2.61. The Labute approximate surface area is 146 Å². The number of hydrogen-bond donors (Lipinski definition) is 2.